The van der Waals surface area contributed by atoms with Gasteiger partial charge in [0, 0.05) is 60.1 Å². The van der Waals surface area contributed by atoms with Crippen LogP contribution in [0.25, 0.3) is 17.4 Å². The maximum absolute atomic E-state index is 12.3. The van der Waals surface area contributed by atoms with Crippen LogP contribution in [0, 0.1) is 12.8 Å². The van der Waals surface area contributed by atoms with Gasteiger partial charge in [0.2, 0.25) is 11.8 Å². The molecule has 7 nitrogen and oxygen atoms in total. The second kappa shape index (κ2) is 12.3. The highest BCUT2D eigenvalue weighted by Crippen LogP contribution is 2.27. The lowest BCUT2D eigenvalue weighted by molar-refractivity contribution is -0.134. The number of rotatable bonds is 6. The van der Waals surface area contributed by atoms with Crippen LogP contribution in [0.2, 0.25) is 5.02 Å². The summed E-state index contributed by atoms with van der Waals surface area (Å²) >= 11 is 11.5. The van der Waals surface area contributed by atoms with E-state index in [1.807, 2.05) is 74.2 Å². The predicted molar refractivity (Wildman–Crippen MR) is 157 cm³/mol. The largest absolute Gasteiger partial charge is 0.457 e. The first kappa shape index (κ1) is 27.4. The molecule has 2 aromatic carbocycles. The molecule has 1 aliphatic heterocycles. The number of amides is 2. The summed E-state index contributed by atoms with van der Waals surface area (Å²) in [6.07, 6.45) is 2.95. The Bertz CT molecular complexity index is 1340. The number of hydrogen-bond donors (Lipinski definition) is 2. The van der Waals surface area contributed by atoms with Gasteiger partial charge in [0.25, 0.3) is 0 Å². The second-order valence-corrected chi connectivity index (χ2v) is 10.3. The molecule has 1 aliphatic rings. The maximum Gasteiger partial charge on any atom is 0.250 e. The zero-order valence-electron chi connectivity index (χ0n) is 21.7. The van der Waals surface area contributed by atoms with E-state index in [0.29, 0.717) is 16.5 Å². The number of nitrogens with zero attached hydrogens (tertiary/aromatic N) is 2. The van der Waals surface area contributed by atoms with Gasteiger partial charge in [-0.15, -0.1) is 0 Å². The fourth-order valence-corrected chi connectivity index (χ4v) is 4.52. The van der Waals surface area contributed by atoms with E-state index in [1.165, 1.54) is 6.08 Å². The summed E-state index contributed by atoms with van der Waals surface area (Å²) in [5.74, 6) is 1.06. The molecule has 0 bridgehead atoms. The van der Waals surface area contributed by atoms with E-state index in [0.717, 1.165) is 48.7 Å². The fraction of sp³-hybridized carbons (Fsp3) is 0.276. The highest BCUT2D eigenvalue weighted by atomic mass is 35.5. The first-order valence-electron chi connectivity index (χ1n) is 12.5. The SMILES string of the molecule is Cc1ccc(-c2ccc(/C=C/C(=O)NC(=S)Nc3ccc(N4CCN(C(=O)C(C)C)CC4)cc3)o2)cc1Cl. The van der Waals surface area contributed by atoms with Crippen LogP contribution in [-0.2, 0) is 9.59 Å². The highest BCUT2D eigenvalue weighted by molar-refractivity contribution is 7.80. The van der Waals surface area contributed by atoms with Gasteiger partial charge in [0.15, 0.2) is 5.11 Å². The summed E-state index contributed by atoms with van der Waals surface area (Å²) in [5, 5.41) is 6.54. The summed E-state index contributed by atoms with van der Waals surface area (Å²) in [5.41, 5.74) is 3.71. The first-order valence-corrected chi connectivity index (χ1v) is 13.3. The molecular weight excluding hydrogens is 520 g/mol. The van der Waals surface area contributed by atoms with Crippen molar-refractivity contribution >= 4 is 58.2 Å². The molecule has 0 spiro atoms. The molecule has 2 amide bonds. The number of benzene rings is 2. The molecule has 9 heteroatoms. The number of anilines is 2. The molecular formula is C29H31ClN4O3S. The molecule has 2 heterocycles. The Morgan fingerprint density at radius 2 is 1.74 bits per heavy atom. The number of halogens is 1. The number of carbonyl (C=O) groups is 2. The predicted octanol–water partition coefficient (Wildman–Crippen LogP) is 5.74. The van der Waals surface area contributed by atoms with Gasteiger partial charge >= 0.3 is 0 Å². The minimum absolute atomic E-state index is 0.0221. The number of nitrogens with one attached hydrogen (secondary N) is 2. The van der Waals surface area contributed by atoms with Gasteiger partial charge in [0.1, 0.15) is 11.5 Å². The van der Waals surface area contributed by atoms with Gasteiger partial charge < -0.3 is 19.5 Å². The van der Waals surface area contributed by atoms with Crippen LogP contribution in [-0.4, -0.2) is 48.0 Å². The summed E-state index contributed by atoms with van der Waals surface area (Å²) in [6.45, 7) is 8.84. The molecule has 4 rings (SSSR count). The van der Waals surface area contributed by atoms with E-state index in [4.69, 9.17) is 28.2 Å². The van der Waals surface area contributed by atoms with Crippen molar-refractivity contribution in [3.8, 4) is 11.3 Å². The molecule has 0 radical (unpaired) electrons. The molecule has 198 valence electrons. The molecule has 0 atom stereocenters. The lowest BCUT2D eigenvalue weighted by atomic mass is 10.1. The molecule has 2 N–H and O–H groups in total. The molecule has 1 aromatic heterocycles. The number of thiocarbonyl (C=S) groups is 1. The van der Waals surface area contributed by atoms with Crippen molar-refractivity contribution in [2.75, 3.05) is 36.4 Å². The summed E-state index contributed by atoms with van der Waals surface area (Å²) in [7, 11) is 0. The zero-order chi connectivity index (χ0) is 27.2. The third-order valence-electron chi connectivity index (χ3n) is 6.29. The Hall–Kier alpha value is -3.62. The monoisotopic (exact) mass is 550 g/mol. The smallest absolute Gasteiger partial charge is 0.250 e. The van der Waals surface area contributed by atoms with E-state index >= 15 is 0 Å². The topological polar surface area (TPSA) is 77.8 Å². The average molecular weight is 551 g/mol. The van der Waals surface area contributed by atoms with Crippen molar-refractivity contribution in [3.63, 3.8) is 0 Å². The Kier molecular flexibility index (Phi) is 8.86. The van der Waals surface area contributed by atoms with E-state index in [9.17, 15) is 9.59 Å². The molecule has 1 fully saturated rings. The summed E-state index contributed by atoms with van der Waals surface area (Å²) in [4.78, 5) is 28.7. The number of furan rings is 1. The number of piperazine rings is 1. The van der Waals surface area contributed by atoms with E-state index in [1.54, 1.807) is 12.1 Å². The van der Waals surface area contributed by atoms with Gasteiger partial charge in [-0.25, -0.2) is 0 Å². The van der Waals surface area contributed by atoms with Gasteiger partial charge in [-0.3, -0.25) is 14.9 Å². The Morgan fingerprint density at radius 1 is 1.03 bits per heavy atom. The first-order chi connectivity index (χ1) is 18.2. The molecule has 1 saturated heterocycles. The van der Waals surface area contributed by atoms with Gasteiger partial charge in [-0.1, -0.05) is 37.6 Å². The van der Waals surface area contributed by atoms with Crippen LogP contribution in [0.1, 0.15) is 25.2 Å². The zero-order valence-corrected chi connectivity index (χ0v) is 23.2. The molecule has 3 aromatic rings. The van der Waals surface area contributed by atoms with Crippen molar-refractivity contribution in [2.45, 2.75) is 20.8 Å². The van der Waals surface area contributed by atoms with Crippen molar-refractivity contribution < 1.29 is 14.0 Å². The highest BCUT2D eigenvalue weighted by Gasteiger charge is 2.22. The van der Waals surface area contributed by atoms with Crippen LogP contribution in [0.4, 0.5) is 11.4 Å². The molecule has 38 heavy (non-hydrogen) atoms. The van der Waals surface area contributed by atoms with Crippen LogP contribution in [0.3, 0.4) is 0 Å². The molecule has 0 saturated carbocycles. The van der Waals surface area contributed by atoms with Crippen LogP contribution in [0.15, 0.2) is 65.1 Å². The van der Waals surface area contributed by atoms with Crippen molar-refractivity contribution in [3.05, 3.63) is 77.0 Å². The van der Waals surface area contributed by atoms with Gasteiger partial charge in [-0.05, 0) is 73.2 Å². The van der Waals surface area contributed by atoms with Gasteiger partial charge in [0.05, 0.1) is 0 Å². The average Bonchev–Trinajstić information content (AvgIpc) is 3.38. The Labute approximate surface area is 233 Å². The molecule has 0 unspecified atom stereocenters. The van der Waals surface area contributed by atoms with E-state index in [-0.39, 0.29) is 22.8 Å². The van der Waals surface area contributed by atoms with Crippen molar-refractivity contribution in [2.24, 2.45) is 5.92 Å². The Balaban J connectivity index is 1.25. The van der Waals surface area contributed by atoms with E-state index < -0.39 is 0 Å². The number of aryl methyl sites for hydroxylation is 1. The second-order valence-electron chi connectivity index (χ2n) is 9.46. The standard InChI is InChI=1S/C29H31ClN4O3S/c1-19(2)28(36)34-16-14-33(15-17-34)23-8-6-22(7-9-23)31-29(38)32-27(35)13-11-24-10-12-26(37-24)21-5-4-20(3)25(30)18-21/h4-13,18-19H,14-17H2,1-3H3,(H2,31,32,35,38)/b13-11+. The third-order valence-corrected chi connectivity index (χ3v) is 6.91. The fourth-order valence-electron chi connectivity index (χ4n) is 4.12. The minimum atomic E-state index is -0.371. The quantitative estimate of drug-likeness (QED) is 0.301. The third kappa shape index (κ3) is 7.02. The summed E-state index contributed by atoms with van der Waals surface area (Å²) < 4.78 is 5.81. The molecule has 0 aliphatic carbocycles. The van der Waals surface area contributed by atoms with Crippen molar-refractivity contribution in [1.29, 1.82) is 0 Å². The summed E-state index contributed by atoms with van der Waals surface area (Å²) in [6, 6.07) is 17.2. The van der Waals surface area contributed by atoms with Crippen LogP contribution < -0.4 is 15.5 Å². The van der Waals surface area contributed by atoms with Gasteiger partial charge in [-0.2, -0.15) is 0 Å². The van der Waals surface area contributed by atoms with Crippen LogP contribution in [0.5, 0.6) is 0 Å². The normalized spacial score (nSPS) is 13.7. The minimum Gasteiger partial charge on any atom is -0.457 e. The lowest BCUT2D eigenvalue weighted by Gasteiger charge is -2.37. The lowest BCUT2D eigenvalue weighted by Crippen LogP contribution is -2.49. The Morgan fingerprint density at radius 3 is 2.39 bits per heavy atom. The maximum atomic E-state index is 12.3. The van der Waals surface area contributed by atoms with Crippen molar-refractivity contribution in [1.82, 2.24) is 10.2 Å². The number of carbonyl (C=O) groups excluding carboxylic acids is 2. The van der Waals surface area contributed by atoms with E-state index in [2.05, 4.69) is 15.5 Å². The number of hydrogen-bond acceptors (Lipinski definition) is 5. The van der Waals surface area contributed by atoms with Crippen LogP contribution >= 0.6 is 23.8 Å².